The van der Waals surface area contributed by atoms with E-state index in [1.807, 2.05) is 0 Å². The lowest BCUT2D eigenvalue weighted by Crippen LogP contribution is -2.43. The Kier molecular flexibility index (Phi) is 4.80. The molecule has 1 aromatic rings. The lowest BCUT2D eigenvalue weighted by Gasteiger charge is -2.32. The summed E-state index contributed by atoms with van der Waals surface area (Å²) in [6.45, 7) is 2.57. The Labute approximate surface area is 128 Å². The fourth-order valence-corrected chi connectivity index (χ4v) is 3.57. The van der Waals surface area contributed by atoms with Crippen LogP contribution in [0.1, 0.15) is 29.2 Å². The number of piperidine rings is 1. The highest BCUT2D eigenvalue weighted by Gasteiger charge is 2.28. The Morgan fingerprint density at radius 2 is 2.29 bits per heavy atom. The van der Waals surface area contributed by atoms with Crippen molar-refractivity contribution in [3.8, 4) is 0 Å². The second-order valence-electron chi connectivity index (χ2n) is 5.20. The van der Waals surface area contributed by atoms with Gasteiger partial charge in [0.05, 0.1) is 17.0 Å². The number of aryl methyl sites for hydroxylation is 1. The van der Waals surface area contributed by atoms with Gasteiger partial charge in [-0.2, -0.15) is 0 Å². The Hall–Kier alpha value is -1.25. The summed E-state index contributed by atoms with van der Waals surface area (Å²) in [4.78, 5) is 22.0. The zero-order valence-electron chi connectivity index (χ0n) is 11.6. The molecule has 1 aromatic heterocycles. The van der Waals surface area contributed by atoms with Crippen LogP contribution in [-0.2, 0) is 10.0 Å². The molecule has 2 N–H and O–H groups in total. The average Bonchev–Trinajstić information content (AvgIpc) is 2.39. The number of halogens is 1. The molecule has 0 saturated carbocycles. The molecule has 0 radical (unpaired) electrons. The fraction of sp³-hybridized carbons (Fsp3) is 0.583. The van der Waals surface area contributed by atoms with Crippen molar-refractivity contribution < 1.29 is 13.2 Å². The number of nitrogens with two attached hydrogens (primary N) is 1. The fourth-order valence-electron chi connectivity index (χ4n) is 2.47. The normalized spacial score (nSPS) is 19.6. The molecule has 0 aliphatic carbocycles. The van der Waals surface area contributed by atoms with E-state index < -0.39 is 10.0 Å². The van der Waals surface area contributed by atoms with Gasteiger partial charge < -0.3 is 4.90 Å². The Balaban J connectivity index is 2.14. The molecule has 21 heavy (non-hydrogen) atoms. The van der Waals surface area contributed by atoms with E-state index in [0.29, 0.717) is 18.9 Å². The number of hydrogen-bond donors (Lipinski definition) is 1. The van der Waals surface area contributed by atoms with E-state index >= 15 is 0 Å². The molecule has 0 spiro atoms. The number of carbonyl (C=O) groups excluding carboxylic acids is 1. The first-order chi connectivity index (χ1) is 9.76. The molecule has 1 unspecified atom stereocenters. The zero-order valence-corrected chi connectivity index (χ0v) is 13.2. The third kappa shape index (κ3) is 4.36. The van der Waals surface area contributed by atoms with E-state index in [0.717, 1.165) is 12.8 Å². The number of amides is 1. The van der Waals surface area contributed by atoms with Crippen LogP contribution < -0.4 is 5.14 Å². The summed E-state index contributed by atoms with van der Waals surface area (Å²) < 4.78 is 22.4. The molecule has 1 amide bonds. The molecule has 1 aliphatic rings. The molecule has 2 heterocycles. The molecule has 1 fully saturated rings. The predicted molar refractivity (Wildman–Crippen MR) is 78.4 cm³/mol. The molecule has 0 bridgehead atoms. The molecule has 116 valence electrons. The maximum Gasteiger partial charge on any atom is 0.274 e. The van der Waals surface area contributed by atoms with Crippen molar-refractivity contribution in [1.82, 2.24) is 14.9 Å². The molecule has 7 nitrogen and oxygen atoms in total. The summed E-state index contributed by atoms with van der Waals surface area (Å²) in [5, 5.41) is 5.26. The number of rotatable bonds is 3. The van der Waals surface area contributed by atoms with Crippen LogP contribution in [0.2, 0.25) is 5.02 Å². The molecule has 0 aromatic carbocycles. The van der Waals surface area contributed by atoms with E-state index in [1.54, 1.807) is 11.8 Å². The highest BCUT2D eigenvalue weighted by atomic mass is 35.5. The van der Waals surface area contributed by atoms with Crippen LogP contribution in [0, 0.1) is 12.8 Å². The number of carbonyl (C=O) groups is 1. The quantitative estimate of drug-likeness (QED) is 0.871. The zero-order chi connectivity index (χ0) is 15.6. The Morgan fingerprint density at radius 3 is 2.95 bits per heavy atom. The Bertz CT molecular complexity index is 650. The number of hydrogen-bond acceptors (Lipinski definition) is 5. The molecule has 1 saturated heterocycles. The van der Waals surface area contributed by atoms with Crippen molar-refractivity contribution in [2.24, 2.45) is 11.1 Å². The summed E-state index contributed by atoms with van der Waals surface area (Å²) in [6, 6.07) is 0. The van der Waals surface area contributed by atoms with Crippen LogP contribution in [0.3, 0.4) is 0 Å². The molecular formula is C12H17ClN4O3S. The van der Waals surface area contributed by atoms with Crippen LogP contribution in [0.5, 0.6) is 0 Å². The highest BCUT2D eigenvalue weighted by Crippen LogP contribution is 2.21. The van der Waals surface area contributed by atoms with Gasteiger partial charge in [-0.1, -0.05) is 11.6 Å². The van der Waals surface area contributed by atoms with Gasteiger partial charge in [0, 0.05) is 13.1 Å². The number of aromatic nitrogens is 2. The van der Waals surface area contributed by atoms with Crippen LogP contribution in [0.15, 0.2) is 6.20 Å². The lowest BCUT2D eigenvalue weighted by molar-refractivity contribution is 0.0678. The summed E-state index contributed by atoms with van der Waals surface area (Å²) in [7, 11) is -3.54. The predicted octanol–water partition coefficient (Wildman–Crippen LogP) is 0.579. The van der Waals surface area contributed by atoms with E-state index in [-0.39, 0.29) is 28.3 Å². The van der Waals surface area contributed by atoms with Crippen LogP contribution in [-0.4, -0.2) is 48.0 Å². The van der Waals surface area contributed by atoms with Crippen molar-refractivity contribution >= 4 is 27.5 Å². The van der Waals surface area contributed by atoms with Crippen LogP contribution in [0.25, 0.3) is 0 Å². The third-order valence-corrected chi connectivity index (χ3v) is 4.55. The summed E-state index contributed by atoms with van der Waals surface area (Å²) in [5.41, 5.74) is 0.153. The van der Waals surface area contributed by atoms with Crippen molar-refractivity contribution in [2.45, 2.75) is 19.8 Å². The van der Waals surface area contributed by atoms with Gasteiger partial charge in [-0.3, -0.25) is 4.79 Å². The van der Waals surface area contributed by atoms with Gasteiger partial charge in [-0.25, -0.2) is 23.5 Å². The van der Waals surface area contributed by atoms with Gasteiger partial charge in [0.15, 0.2) is 5.69 Å². The topological polar surface area (TPSA) is 106 Å². The van der Waals surface area contributed by atoms with Crippen molar-refractivity contribution in [1.29, 1.82) is 0 Å². The highest BCUT2D eigenvalue weighted by molar-refractivity contribution is 7.89. The Morgan fingerprint density at radius 1 is 1.57 bits per heavy atom. The van der Waals surface area contributed by atoms with Gasteiger partial charge >= 0.3 is 0 Å². The first-order valence-electron chi connectivity index (χ1n) is 6.55. The molecule has 1 atom stereocenters. The van der Waals surface area contributed by atoms with E-state index in [2.05, 4.69) is 9.97 Å². The van der Waals surface area contributed by atoms with Gasteiger partial charge in [0.1, 0.15) is 5.82 Å². The van der Waals surface area contributed by atoms with Gasteiger partial charge in [-0.05, 0) is 25.7 Å². The minimum atomic E-state index is -3.54. The second-order valence-corrected chi connectivity index (χ2v) is 7.27. The van der Waals surface area contributed by atoms with E-state index in [9.17, 15) is 13.2 Å². The summed E-state index contributed by atoms with van der Waals surface area (Å²) >= 11 is 5.96. The minimum absolute atomic E-state index is 0.118. The average molecular weight is 333 g/mol. The molecule has 1 aliphatic heterocycles. The van der Waals surface area contributed by atoms with Gasteiger partial charge in [-0.15, -0.1) is 0 Å². The number of nitrogens with zero attached hydrogens (tertiary/aromatic N) is 3. The smallest absolute Gasteiger partial charge is 0.274 e. The second kappa shape index (κ2) is 6.25. The van der Waals surface area contributed by atoms with Crippen molar-refractivity contribution in [2.75, 3.05) is 18.8 Å². The van der Waals surface area contributed by atoms with Crippen LogP contribution >= 0.6 is 11.6 Å². The maximum atomic E-state index is 12.5. The van der Waals surface area contributed by atoms with Gasteiger partial charge in [0.25, 0.3) is 5.91 Å². The number of sulfonamides is 1. The minimum Gasteiger partial charge on any atom is -0.337 e. The van der Waals surface area contributed by atoms with Crippen molar-refractivity contribution in [3.05, 3.63) is 22.7 Å². The monoisotopic (exact) mass is 332 g/mol. The first kappa shape index (κ1) is 16.1. The number of likely N-dealkylation sites (tertiary alicyclic amines) is 1. The van der Waals surface area contributed by atoms with E-state index in [1.165, 1.54) is 6.20 Å². The largest absolute Gasteiger partial charge is 0.337 e. The molecule has 2 rings (SSSR count). The third-order valence-electron chi connectivity index (χ3n) is 3.34. The molecule has 9 heteroatoms. The first-order valence-corrected chi connectivity index (χ1v) is 8.64. The maximum absolute atomic E-state index is 12.5. The van der Waals surface area contributed by atoms with Crippen LogP contribution in [0.4, 0.5) is 0 Å². The van der Waals surface area contributed by atoms with Gasteiger partial charge in [0.2, 0.25) is 10.0 Å². The standard InChI is InChI=1S/C12H17ClN4O3S/c1-8-15-5-10(13)11(16-8)12(18)17-4-2-3-9(6-17)7-21(14,19)20/h5,9H,2-4,6-7H2,1H3,(H2,14,19,20). The lowest BCUT2D eigenvalue weighted by atomic mass is 10.00. The molecular weight excluding hydrogens is 316 g/mol. The summed E-state index contributed by atoms with van der Waals surface area (Å²) in [6.07, 6.45) is 2.85. The SMILES string of the molecule is Cc1ncc(Cl)c(C(=O)N2CCCC(CS(N)(=O)=O)C2)n1. The summed E-state index contributed by atoms with van der Waals surface area (Å²) in [5.74, 6) is -0.113. The van der Waals surface area contributed by atoms with Crippen molar-refractivity contribution in [3.63, 3.8) is 0 Å². The van der Waals surface area contributed by atoms with E-state index in [4.69, 9.17) is 16.7 Å². The number of primary sulfonamides is 1.